The largest absolute Gasteiger partial charge is 0.496 e. The third kappa shape index (κ3) is 7.09. The Balaban J connectivity index is 1.79. The van der Waals surface area contributed by atoms with E-state index < -0.39 is 0 Å². The lowest BCUT2D eigenvalue weighted by atomic mass is 9.80. The van der Waals surface area contributed by atoms with Gasteiger partial charge in [-0.3, -0.25) is 4.79 Å². The van der Waals surface area contributed by atoms with Crippen LogP contribution in [0.2, 0.25) is 10.8 Å². The standard InChI is InChI=1S/C21H33BClN3O3/c1-13(8-14(2)22)19(27)12-26-6-4-15(5-7-26)11-25-21(28)16-9-17(23)18(24)10-20(16)29-3/h9-10,13-15,19,27H,4-8,11-12,24H2,1-3H3,(H,25,28). The van der Waals surface area contributed by atoms with Gasteiger partial charge in [0.1, 0.15) is 5.75 Å². The maximum atomic E-state index is 12.6. The Kier molecular flexibility index (Phi) is 9.12. The molecule has 1 amide bonds. The van der Waals surface area contributed by atoms with E-state index in [1.807, 2.05) is 13.8 Å². The maximum absolute atomic E-state index is 12.6. The van der Waals surface area contributed by atoms with E-state index in [1.54, 1.807) is 12.1 Å². The predicted octanol–water partition coefficient (Wildman–Crippen LogP) is 2.74. The van der Waals surface area contributed by atoms with Crippen molar-refractivity contribution in [1.29, 1.82) is 0 Å². The molecule has 1 heterocycles. The molecule has 1 aromatic carbocycles. The highest BCUT2D eigenvalue weighted by atomic mass is 35.5. The lowest BCUT2D eigenvalue weighted by molar-refractivity contribution is 0.0521. The number of halogens is 1. The molecule has 1 aromatic rings. The third-order valence-electron chi connectivity index (χ3n) is 5.67. The van der Waals surface area contributed by atoms with Crippen LogP contribution >= 0.6 is 11.6 Å². The fraction of sp³-hybridized carbons (Fsp3) is 0.667. The third-order valence-corrected chi connectivity index (χ3v) is 5.99. The number of nitrogens with two attached hydrogens (primary N) is 1. The molecule has 0 saturated carbocycles. The lowest BCUT2D eigenvalue weighted by Crippen LogP contribution is -2.43. The number of methoxy groups -OCH3 is 1. The second-order valence-electron chi connectivity index (χ2n) is 8.29. The van der Waals surface area contributed by atoms with Crippen LogP contribution in [0.5, 0.6) is 5.75 Å². The summed E-state index contributed by atoms with van der Waals surface area (Å²) >= 11 is 6.05. The molecule has 3 atom stereocenters. The lowest BCUT2D eigenvalue weighted by Gasteiger charge is -2.34. The predicted molar refractivity (Wildman–Crippen MR) is 119 cm³/mol. The van der Waals surface area contributed by atoms with Crippen molar-refractivity contribution in [3.63, 3.8) is 0 Å². The second kappa shape index (κ2) is 11.1. The first-order chi connectivity index (χ1) is 13.7. The fourth-order valence-electron chi connectivity index (χ4n) is 3.81. The number of hydrogen-bond donors (Lipinski definition) is 3. The smallest absolute Gasteiger partial charge is 0.255 e. The summed E-state index contributed by atoms with van der Waals surface area (Å²) in [5.41, 5.74) is 6.54. The van der Waals surface area contributed by atoms with E-state index in [-0.39, 0.29) is 23.7 Å². The van der Waals surface area contributed by atoms with Gasteiger partial charge < -0.3 is 25.8 Å². The number of carbonyl (C=O) groups is 1. The fourth-order valence-corrected chi connectivity index (χ4v) is 3.97. The van der Waals surface area contributed by atoms with Crippen molar-refractivity contribution in [2.45, 2.75) is 45.0 Å². The molecular formula is C21H33BClN3O3. The number of hydrogen-bond acceptors (Lipinski definition) is 5. The van der Waals surface area contributed by atoms with Crippen molar-refractivity contribution in [2.75, 3.05) is 39.0 Å². The number of aliphatic hydroxyl groups excluding tert-OH is 1. The molecule has 3 unspecified atom stereocenters. The summed E-state index contributed by atoms with van der Waals surface area (Å²) < 4.78 is 5.25. The second-order valence-corrected chi connectivity index (χ2v) is 8.69. The first-order valence-corrected chi connectivity index (χ1v) is 10.7. The summed E-state index contributed by atoms with van der Waals surface area (Å²) in [6, 6.07) is 3.10. The van der Waals surface area contributed by atoms with Crippen LogP contribution in [0.15, 0.2) is 12.1 Å². The van der Waals surface area contributed by atoms with Crippen molar-refractivity contribution in [3.8, 4) is 5.75 Å². The van der Waals surface area contributed by atoms with Gasteiger partial charge in [-0.1, -0.05) is 37.7 Å². The van der Waals surface area contributed by atoms with Gasteiger partial charge in [0.25, 0.3) is 5.91 Å². The number of piperidine rings is 1. The molecule has 4 N–H and O–H groups in total. The van der Waals surface area contributed by atoms with Crippen molar-refractivity contribution < 1.29 is 14.6 Å². The Morgan fingerprint density at radius 3 is 2.66 bits per heavy atom. The molecule has 1 saturated heterocycles. The van der Waals surface area contributed by atoms with Gasteiger partial charge in [0.15, 0.2) is 0 Å². The summed E-state index contributed by atoms with van der Waals surface area (Å²) in [4.78, 5) is 14.9. The SMILES string of the molecule is [B]C(C)CC(C)C(O)CN1CCC(CNC(=O)c2cc(Cl)c(N)cc2OC)CC1. The van der Waals surface area contributed by atoms with Crippen molar-refractivity contribution >= 4 is 31.0 Å². The number of aliphatic hydroxyl groups is 1. The van der Waals surface area contributed by atoms with E-state index in [0.29, 0.717) is 41.0 Å². The molecule has 2 rings (SSSR count). The Morgan fingerprint density at radius 2 is 2.07 bits per heavy atom. The Labute approximate surface area is 180 Å². The van der Waals surface area contributed by atoms with Crippen molar-refractivity contribution in [2.24, 2.45) is 11.8 Å². The number of rotatable bonds is 9. The number of ether oxygens (including phenoxy) is 1. The van der Waals surface area contributed by atoms with Crippen LogP contribution in [-0.4, -0.2) is 63.2 Å². The quantitative estimate of drug-likeness (QED) is 0.421. The molecule has 29 heavy (non-hydrogen) atoms. The molecule has 160 valence electrons. The summed E-state index contributed by atoms with van der Waals surface area (Å²) in [5.74, 6) is 0.891. The monoisotopic (exact) mass is 421 g/mol. The normalized spacial score (nSPS) is 18.8. The number of benzene rings is 1. The zero-order chi connectivity index (χ0) is 21.6. The molecule has 0 aliphatic carbocycles. The zero-order valence-electron chi connectivity index (χ0n) is 17.7. The molecule has 0 aromatic heterocycles. The molecule has 1 fully saturated rings. The van der Waals surface area contributed by atoms with E-state index in [4.69, 9.17) is 29.9 Å². The number of β-amino-alcohol motifs (C(OH)–C–C–N with tert-alkyl or cyclic N) is 1. The van der Waals surface area contributed by atoms with Gasteiger partial charge in [0, 0.05) is 19.2 Å². The molecule has 8 heteroatoms. The maximum Gasteiger partial charge on any atom is 0.255 e. The number of nitrogens with zero attached hydrogens (tertiary/aromatic N) is 1. The Morgan fingerprint density at radius 1 is 1.41 bits per heavy atom. The average molecular weight is 422 g/mol. The molecule has 2 radical (unpaired) electrons. The van der Waals surface area contributed by atoms with Gasteiger partial charge in [0.2, 0.25) is 0 Å². The highest BCUT2D eigenvalue weighted by Gasteiger charge is 2.24. The van der Waals surface area contributed by atoms with E-state index in [9.17, 15) is 9.90 Å². The van der Waals surface area contributed by atoms with Gasteiger partial charge >= 0.3 is 0 Å². The van der Waals surface area contributed by atoms with Gasteiger partial charge in [-0.25, -0.2) is 0 Å². The molecule has 0 spiro atoms. The summed E-state index contributed by atoms with van der Waals surface area (Å²) in [7, 11) is 7.33. The number of nitrogen functional groups attached to an aromatic ring is 1. The van der Waals surface area contributed by atoms with Crippen LogP contribution in [-0.2, 0) is 0 Å². The van der Waals surface area contributed by atoms with Crippen LogP contribution < -0.4 is 15.8 Å². The van der Waals surface area contributed by atoms with Crippen LogP contribution in [0, 0.1) is 11.8 Å². The van der Waals surface area contributed by atoms with Gasteiger partial charge in [-0.2, -0.15) is 0 Å². The molecule has 6 nitrogen and oxygen atoms in total. The molecule has 1 aliphatic rings. The molecule has 0 bridgehead atoms. The van der Waals surface area contributed by atoms with Crippen LogP contribution in [0.1, 0.15) is 43.5 Å². The van der Waals surface area contributed by atoms with Crippen LogP contribution in [0.25, 0.3) is 0 Å². The first-order valence-electron chi connectivity index (χ1n) is 10.3. The highest BCUT2D eigenvalue weighted by molar-refractivity contribution is 6.33. The minimum Gasteiger partial charge on any atom is -0.496 e. The summed E-state index contributed by atoms with van der Waals surface area (Å²) in [6.45, 7) is 7.12. The first kappa shape index (κ1) is 23.8. The van der Waals surface area contributed by atoms with Crippen molar-refractivity contribution in [1.82, 2.24) is 10.2 Å². The van der Waals surface area contributed by atoms with E-state index >= 15 is 0 Å². The minimum absolute atomic E-state index is 0.101. The van der Waals surface area contributed by atoms with E-state index in [2.05, 4.69) is 10.2 Å². The number of amides is 1. The number of anilines is 1. The molecular weight excluding hydrogens is 389 g/mol. The number of carbonyl (C=O) groups excluding carboxylic acids is 1. The van der Waals surface area contributed by atoms with Crippen LogP contribution in [0.4, 0.5) is 5.69 Å². The number of likely N-dealkylation sites (tertiary alicyclic amines) is 1. The summed E-state index contributed by atoms with van der Waals surface area (Å²) in [6.07, 6.45) is 2.42. The Bertz CT molecular complexity index is 681. The van der Waals surface area contributed by atoms with Crippen LogP contribution in [0.3, 0.4) is 0 Å². The zero-order valence-corrected chi connectivity index (χ0v) is 18.4. The van der Waals surface area contributed by atoms with E-state index in [1.165, 1.54) is 7.11 Å². The van der Waals surface area contributed by atoms with Gasteiger partial charge in [-0.05, 0) is 43.8 Å². The molecule has 1 aliphatic heterocycles. The highest BCUT2D eigenvalue weighted by Crippen LogP contribution is 2.29. The minimum atomic E-state index is -0.361. The number of nitrogens with one attached hydrogen (secondary N) is 1. The van der Waals surface area contributed by atoms with Gasteiger partial charge in [0.05, 0.1) is 37.3 Å². The van der Waals surface area contributed by atoms with E-state index in [0.717, 1.165) is 32.4 Å². The van der Waals surface area contributed by atoms with Crippen molar-refractivity contribution in [3.05, 3.63) is 22.7 Å². The summed E-state index contributed by atoms with van der Waals surface area (Å²) in [5, 5.41) is 13.7. The Hall–Kier alpha value is -1.44. The topological polar surface area (TPSA) is 87.8 Å². The van der Waals surface area contributed by atoms with Gasteiger partial charge in [-0.15, -0.1) is 0 Å². The average Bonchev–Trinajstić information content (AvgIpc) is 2.68.